The van der Waals surface area contributed by atoms with Gasteiger partial charge in [-0.3, -0.25) is 0 Å². The minimum absolute atomic E-state index is 0.0965. The number of aryl methyl sites for hydroxylation is 1. The van der Waals surface area contributed by atoms with Gasteiger partial charge in [0.25, 0.3) is 0 Å². The molecule has 4 nitrogen and oxygen atoms in total. The lowest BCUT2D eigenvalue weighted by Crippen LogP contribution is -2.26. The molecule has 0 amide bonds. The maximum Gasteiger partial charge on any atom is 0.160 e. The van der Waals surface area contributed by atoms with Crippen LogP contribution in [-0.2, 0) is 6.42 Å². The second kappa shape index (κ2) is 4.30. The first-order valence-corrected chi connectivity index (χ1v) is 4.42. The van der Waals surface area contributed by atoms with Gasteiger partial charge in [0.05, 0.1) is 6.61 Å². The zero-order valence-corrected chi connectivity index (χ0v) is 8.07. The molecule has 0 saturated heterocycles. The SMILES string of the molecule is Cc1cc(C[C@H](N)CO)cc(O)c1O. The first kappa shape index (κ1) is 10.8. The monoisotopic (exact) mass is 197 g/mol. The van der Waals surface area contributed by atoms with Crippen molar-refractivity contribution in [3.05, 3.63) is 23.3 Å². The smallest absolute Gasteiger partial charge is 0.160 e. The summed E-state index contributed by atoms with van der Waals surface area (Å²) >= 11 is 0. The molecule has 0 unspecified atom stereocenters. The molecule has 1 atom stereocenters. The van der Waals surface area contributed by atoms with Crippen LogP contribution in [0.1, 0.15) is 11.1 Å². The quantitative estimate of drug-likeness (QED) is 0.524. The number of benzene rings is 1. The van der Waals surface area contributed by atoms with Gasteiger partial charge in [-0.15, -0.1) is 0 Å². The molecule has 0 fully saturated rings. The average molecular weight is 197 g/mol. The third-order valence-corrected chi connectivity index (χ3v) is 2.07. The van der Waals surface area contributed by atoms with E-state index in [2.05, 4.69) is 0 Å². The molecule has 1 rings (SSSR count). The van der Waals surface area contributed by atoms with Crippen molar-refractivity contribution >= 4 is 0 Å². The molecule has 0 spiro atoms. The Morgan fingerprint density at radius 1 is 1.36 bits per heavy atom. The summed E-state index contributed by atoms with van der Waals surface area (Å²) in [6.07, 6.45) is 0.477. The second-order valence-electron chi connectivity index (χ2n) is 3.43. The van der Waals surface area contributed by atoms with Gasteiger partial charge in [0.1, 0.15) is 0 Å². The maximum atomic E-state index is 9.31. The Kier molecular flexibility index (Phi) is 3.33. The topological polar surface area (TPSA) is 86.7 Å². The summed E-state index contributed by atoms with van der Waals surface area (Å²) < 4.78 is 0. The molecular weight excluding hydrogens is 182 g/mol. The van der Waals surface area contributed by atoms with Crippen molar-refractivity contribution in [1.82, 2.24) is 0 Å². The van der Waals surface area contributed by atoms with E-state index in [9.17, 15) is 10.2 Å². The number of hydrogen-bond donors (Lipinski definition) is 4. The van der Waals surface area contributed by atoms with Gasteiger partial charge in [0.15, 0.2) is 11.5 Å². The number of aliphatic hydroxyl groups excluding tert-OH is 1. The molecule has 0 aliphatic heterocycles. The van der Waals surface area contributed by atoms with E-state index in [0.717, 1.165) is 5.56 Å². The van der Waals surface area contributed by atoms with Crippen molar-refractivity contribution in [3.63, 3.8) is 0 Å². The summed E-state index contributed by atoms with van der Waals surface area (Å²) in [6.45, 7) is 1.60. The van der Waals surface area contributed by atoms with Crippen LogP contribution in [-0.4, -0.2) is 28.0 Å². The maximum absolute atomic E-state index is 9.31. The molecule has 5 N–H and O–H groups in total. The van der Waals surface area contributed by atoms with Crippen LogP contribution in [0.4, 0.5) is 0 Å². The predicted octanol–water partition coefficient (Wildman–Crippen LogP) is 0.268. The normalized spacial score (nSPS) is 12.8. The van der Waals surface area contributed by atoms with Gasteiger partial charge in [-0.25, -0.2) is 0 Å². The highest BCUT2D eigenvalue weighted by molar-refractivity contribution is 5.46. The molecule has 14 heavy (non-hydrogen) atoms. The van der Waals surface area contributed by atoms with E-state index in [4.69, 9.17) is 10.8 Å². The van der Waals surface area contributed by atoms with Gasteiger partial charge >= 0.3 is 0 Å². The van der Waals surface area contributed by atoms with Gasteiger partial charge in [0.2, 0.25) is 0 Å². The standard InChI is InChI=1S/C10H15NO3/c1-6-2-7(3-8(11)5-12)4-9(13)10(6)14/h2,4,8,12-14H,3,5,11H2,1H3/t8-/m0/s1. The lowest BCUT2D eigenvalue weighted by Gasteiger charge is -2.10. The largest absolute Gasteiger partial charge is 0.504 e. The summed E-state index contributed by atoms with van der Waals surface area (Å²) in [7, 11) is 0. The number of hydrogen-bond acceptors (Lipinski definition) is 4. The Morgan fingerprint density at radius 2 is 2.00 bits per heavy atom. The molecule has 0 aromatic heterocycles. The Labute approximate surface area is 82.6 Å². The number of phenolic OH excluding ortho intramolecular Hbond substituents is 2. The average Bonchev–Trinajstić information content (AvgIpc) is 2.14. The van der Waals surface area contributed by atoms with Crippen molar-refractivity contribution in [1.29, 1.82) is 0 Å². The van der Waals surface area contributed by atoms with Crippen molar-refractivity contribution < 1.29 is 15.3 Å². The van der Waals surface area contributed by atoms with E-state index in [1.54, 1.807) is 13.0 Å². The molecule has 0 saturated carbocycles. The van der Waals surface area contributed by atoms with Crippen LogP contribution in [0.25, 0.3) is 0 Å². The highest BCUT2D eigenvalue weighted by Crippen LogP contribution is 2.29. The number of aliphatic hydroxyl groups is 1. The number of phenols is 2. The second-order valence-corrected chi connectivity index (χ2v) is 3.43. The van der Waals surface area contributed by atoms with Gasteiger partial charge in [-0.05, 0) is 30.5 Å². The van der Waals surface area contributed by atoms with E-state index in [1.807, 2.05) is 0 Å². The van der Waals surface area contributed by atoms with Gasteiger partial charge in [-0.2, -0.15) is 0 Å². The Hall–Kier alpha value is -1.26. The number of aromatic hydroxyl groups is 2. The summed E-state index contributed by atoms with van der Waals surface area (Å²) in [5.74, 6) is -0.253. The molecule has 0 radical (unpaired) electrons. The molecule has 1 aromatic carbocycles. The lowest BCUT2D eigenvalue weighted by atomic mass is 10.0. The van der Waals surface area contributed by atoms with Crippen LogP contribution in [0.2, 0.25) is 0 Å². The molecule has 0 aliphatic rings. The van der Waals surface area contributed by atoms with Crippen molar-refractivity contribution in [3.8, 4) is 11.5 Å². The third-order valence-electron chi connectivity index (χ3n) is 2.07. The van der Waals surface area contributed by atoms with E-state index < -0.39 is 0 Å². The van der Waals surface area contributed by atoms with E-state index in [1.165, 1.54) is 6.07 Å². The van der Waals surface area contributed by atoms with Crippen LogP contribution in [0.3, 0.4) is 0 Å². The minimum atomic E-state index is -0.335. The number of nitrogens with two attached hydrogens (primary N) is 1. The summed E-state index contributed by atoms with van der Waals surface area (Å²) in [5.41, 5.74) is 6.96. The summed E-state index contributed by atoms with van der Waals surface area (Å²) in [6, 6.07) is 2.86. The van der Waals surface area contributed by atoms with Crippen LogP contribution in [0.15, 0.2) is 12.1 Å². The van der Waals surface area contributed by atoms with E-state index in [0.29, 0.717) is 12.0 Å². The minimum Gasteiger partial charge on any atom is -0.504 e. The Morgan fingerprint density at radius 3 is 2.50 bits per heavy atom. The van der Waals surface area contributed by atoms with Crippen molar-refractivity contribution in [2.45, 2.75) is 19.4 Å². The van der Waals surface area contributed by atoms with Gasteiger partial charge in [-0.1, -0.05) is 6.07 Å². The molecule has 0 heterocycles. The number of rotatable bonds is 3. The fourth-order valence-electron chi connectivity index (χ4n) is 1.32. The Balaban J connectivity index is 2.89. The fourth-order valence-corrected chi connectivity index (χ4v) is 1.32. The molecule has 78 valence electrons. The van der Waals surface area contributed by atoms with Crippen LogP contribution < -0.4 is 5.73 Å². The van der Waals surface area contributed by atoms with Crippen LogP contribution >= 0.6 is 0 Å². The van der Waals surface area contributed by atoms with Crippen molar-refractivity contribution in [2.75, 3.05) is 6.61 Å². The first-order valence-electron chi connectivity index (χ1n) is 4.42. The zero-order chi connectivity index (χ0) is 10.7. The third kappa shape index (κ3) is 2.37. The predicted molar refractivity (Wildman–Crippen MR) is 53.3 cm³/mol. The Bertz CT molecular complexity index is 302. The highest BCUT2D eigenvalue weighted by atomic mass is 16.3. The molecule has 0 aliphatic carbocycles. The molecular formula is C10H15NO3. The fraction of sp³-hybridized carbons (Fsp3) is 0.400. The lowest BCUT2D eigenvalue weighted by molar-refractivity contribution is 0.265. The highest BCUT2D eigenvalue weighted by Gasteiger charge is 2.08. The van der Waals surface area contributed by atoms with Crippen molar-refractivity contribution in [2.24, 2.45) is 5.73 Å². The van der Waals surface area contributed by atoms with E-state index in [-0.39, 0.29) is 24.1 Å². The summed E-state index contributed by atoms with van der Waals surface area (Å²) in [5, 5.41) is 27.4. The molecule has 4 heteroatoms. The van der Waals surface area contributed by atoms with E-state index >= 15 is 0 Å². The summed E-state index contributed by atoms with van der Waals surface area (Å²) in [4.78, 5) is 0. The first-order chi connectivity index (χ1) is 6.54. The van der Waals surface area contributed by atoms with Gasteiger partial charge < -0.3 is 21.1 Å². The van der Waals surface area contributed by atoms with Crippen LogP contribution in [0, 0.1) is 6.92 Å². The molecule has 0 bridgehead atoms. The zero-order valence-electron chi connectivity index (χ0n) is 8.07. The molecule has 1 aromatic rings. The van der Waals surface area contributed by atoms with Gasteiger partial charge in [0, 0.05) is 6.04 Å². The van der Waals surface area contributed by atoms with Crippen LogP contribution in [0.5, 0.6) is 11.5 Å².